The molecule has 2 rings (SSSR count). The Kier molecular flexibility index (Phi) is 3.28. The van der Waals surface area contributed by atoms with Gasteiger partial charge in [-0.1, -0.05) is 0 Å². The summed E-state index contributed by atoms with van der Waals surface area (Å²) in [6.45, 7) is 0. The van der Waals surface area contributed by atoms with Gasteiger partial charge < -0.3 is 0 Å². The Morgan fingerprint density at radius 1 is 1.16 bits per heavy atom. The summed E-state index contributed by atoms with van der Waals surface area (Å²) in [4.78, 5) is 19.1. The van der Waals surface area contributed by atoms with Gasteiger partial charge >= 0.3 is 6.18 Å². The van der Waals surface area contributed by atoms with Crippen LogP contribution in [0, 0.1) is 5.82 Å². The maximum absolute atomic E-state index is 13.1. The number of rotatable bonds is 2. The highest BCUT2D eigenvalue weighted by Crippen LogP contribution is 2.32. The first-order valence-corrected chi connectivity index (χ1v) is 5.07. The van der Waals surface area contributed by atoms with Gasteiger partial charge in [0.2, 0.25) is 5.78 Å². The Bertz CT molecular complexity index is 611. The third-order valence-electron chi connectivity index (χ3n) is 2.35. The molecule has 0 N–H and O–H groups in total. The van der Waals surface area contributed by atoms with E-state index in [4.69, 9.17) is 0 Å². The molecule has 0 fully saturated rings. The zero-order valence-electron chi connectivity index (χ0n) is 9.28. The average molecular weight is 270 g/mol. The topological polar surface area (TPSA) is 42.9 Å². The van der Waals surface area contributed by atoms with Crippen LogP contribution in [-0.4, -0.2) is 15.8 Å². The number of carbonyl (C=O) groups excluding carboxylic acids is 1. The van der Waals surface area contributed by atoms with Gasteiger partial charge in [-0.15, -0.1) is 0 Å². The summed E-state index contributed by atoms with van der Waals surface area (Å²) < 4.78 is 50.6. The molecule has 0 aliphatic rings. The van der Waals surface area contributed by atoms with Crippen LogP contribution in [0.4, 0.5) is 17.6 Å². The van der Waals surface area contributed by atoms with Gasteiger partial charge in [-0.05, 0) is 24.3 Å². The number of ketones is 1. The SMILES string of the molecule is O=C(c1ccc(F)c(C(F)(F)F)c1)c1ccncn1. The summed E-state index contributed by atoms with van der Waals surface area (Å²) in [5.41, 5.74) is -1.82. The number of nitrogens with zero attached hydrogens (tertiary/aromatic N) is 2. The van der Waals surface area contributed by atoms with E-state index >= 15 is 0 Å². The van der Waals surface area contributed by atoms with Crippen molar-refractivity contribution in [1.29, 1.82) is 0 Å². The molecule has 0 aliphatic heterocycles. The van der Waals surface area contributed by atoms with Crippen molar-refractivity contribution in [1.82, 2.24) is 9.97 Å². The molecule has 0 saturated heterocycles. The van der Waals surface area contributed by atoms with Gasteiger partial charge in [-0.2, -0.15) is 13.2 Å². The van der Waals surface area contributed by atoms with Crippen LogP contribution in [0.15, 0.2) is 36.8 Å². The van der Waals surface area contributed by atoms with Crippen molar-refractivity contribution in [2.75, 3.05) is 0 Å². The highest BCUT2D eigenvalue weighted by atomic mass is 19.4. The molecule has 98 valence electrons. The van der Waals surface area contributed by atoms with E-state index in [2.05, 4.69) is 9.97 Å². The van der Waals surface area contributed by atoms with Gasteiger partial charge in [-0.25, -0.2) is 14.4 Å². The van der Waals surface area contributed by atoms with Crippen LogP contribution in [0.1, 0.15) is 21.6 Å². The highest BCUT2D eigenvalue weighted by molar-refractivity contribution is 6.07. The minimum atomic E-state index is -4.86. The fourth-order valence-electron chi connectivity index (χ4n) is 1.46. The molecule has 3 nitrogen and oxygen atoms in total. The van der Waals surface area contributed by atoms with Crippen molar-refractivity contribution in [2.45, 2.75) is 6.18 Å². The lowest BCUT2D eigenvalue weighted by atomic mass is 10.0. The predicted octanol–water partition coefficient (Wildman–Crippen LogP) is 2.87. The second-order valence-electron chi connectivity index (χ2n) is 3.62. The van der Waals surface area contributed by atoms with Crippen LogP contribution in [0.3, 0.4) is 0 Å². The Morgan fingerprint density at radius 3 is 2.47 bits per heavy atom. The van der Waals surface area contributed by atoms with Gasteiger partial charge in [0.05, 0.1) is 5.56 Å². The molecular formula is C12H6F4N2O. The summed E-state index contributed by atoms with van der Waals surface area (Å²) in [5, 5.41) is 0. The van der Waals surface area contributed by atoms with Crippen LogP contribution in [-0.2, 0) is 6.18 Å². The van der Waals surface area contributed by atoms with Crippen molar-refractivity contribution in [2.24, 2.45) is 0 Å². The van der Waals surface area contributed by atoms with Crippen molar-refractivity contribution >= 4 is 5.78 Å². The minimum Gasteiger partial charge on any atom is -0.287 e. The van der Waals surface area contributed by atoms with E-state index in [-0.39, 0.29) is 11.3 Å². The molecular weight excluding hydrogens is 264 g/mol. The Balaban J connectivity index is 2.45. The molecule has 0 atom stereocenters. The maximum Gasteiger partial charge on any atom is 0.419 e. The van der Waals surface area contributed by atoms with Crippen molar-refractivity contribution in [3.63, 3.8) is 0 Å². The third kappa shape index (κ3) is 2.75. The highest BCUT2D eigenvalue weighted by Gasteiger charge is 2.34. The third-order valence-corrected chi connectivity index (χ3v) is 2.35. The van der Waals surface area contributed by atoms with E-state index in [9.17, 15) is 22.4 Å². The number of benzene rings is 1. The average Bonchev–Trinajstić information content (AvgIpc) is 2.38. The predicted molar refractivity (Wildman–Crippen MR) is 56.9 cm³/mol. The number of hydrogen-bond acceptors (Lipinski definition) is 3. The lowest BCUT2D eigenvalue weighted by Gasteiger charge is -2.09. The lowest BCUT2D eigenvalue weighted by Crippen LogP contribution is -2.11. The number of carbonyl (C=O) groups is 1. The fraction of sp³-hybridized carbons (Fsp3) is 0.0833. The van der Waals surface area contributed by atoms with Gasteiger partial charge in [0.15, 0.2) is 0 Å². The molecule has 0 amide bonds. The zero-order valence-corrected chi connectivity index (χ0v) is 9.28. The summed E-state index contributed by atoms with van der Waals surface area (Å²) in [5.74, 6) is -2.15. The number of aromatic nitrogens is 2. The monoisotopic (exact) mass is 270 g/mol. The van der Waals surface area contributed by atoms with Crippen molar-refractivity contribution in [3.8, 4) is 0 Å². The normalized spacial score (nSPS) is 11.4. The second kappa shape index (κ2) is 4.75. The van der Waals surface area contributed by atoms with E-state index in [0.29, 0.717) is 12.1 Å². The van der Waals surface area contributed by atoms with E-state index in [1.165, 1.54) is 12.3 Å². The van der Waals surface area contributed by atoms with E-state index in [1.54, 1.807) is 0 Å². The summed E-state index contributed by atoms with van der Waals surface area (Å²) in [7, 11) is 0. The van der Waals surface area contributed by atoms with Crippen LogP contribution in [0.5, 0.6) is 0 Å². The van der Waals surface area contributed by atoms with Crippen LogP contribution >= 0.6 is 0 Å². The van der Waals surface area contributed by atoms with Crippen molar-refractivity contribution < 1.29 is 22.4 Å². The molecule has 2 aromatic rings. The van der Waals surface area contributed by atoms with Crippen LogP contribution in [0.2, 0.25) is 0 Å². The lowest BCUT2D eigenvalue weighted by molar-refractivity contribution is -0.140. The quantitative estimate of drug-likeness (QED) is 0.622. The molecule has 0 unspecified atom stereocenters. The minimum absolute atomic E-state index is 0.0604. The molecule has 0 saturated carbocycles. The van der Waals surface area contributed by atoms with Gasteiger partial charge in [-0.3, -0.25) is 4.79 Å². The molecule has 19 heavy (non-hydrogen) atoms. The number of alkyl halides is 3. The Morgan fingerprint density at radius 2 is 1.89 bits per heavy atom. The molecule has 1 aromatic carbocycles. The van der Waals surface area contributed by atoms with Gasteiger partial charge in [0.1, 0.15) is 17.8 Å². The van der Waals surface area contributed by atoms with E-state index < -0.39 is 23.3 Å². The summed E-state index contributed by atoms with van der Waals surface area (Å²) in [6, 6.07) is 3.32. The number of hydrogen-bond donors (Lipinski definition) is 0. The largest absolute Gasteiger partial charge is 0.419 e. The first-order valence-electron chi connectivity index (χ1n) is 5.07. The molecule has 0 spiro atoms. The molecule has 1 heterocycles. The molecule has 7 heteroatoms. The smallest absolute Gasteiger partial charge is 0.287 e. The standard InChI is InChI=1S/C12H6F4N2O/c13-9-2-1-7(5-8(9)12(14,15)16)11(19)10-3-4-17-6-18-10/h1-6H. The molecule has 1 aromatic heterocycles. The molecule has 0 radical (unpaired) electrons. The molecule has 0 bridgehead atoms. The Labute approximate surface area is 104 Å². The van der Waals surface area contributed by atoms with E-state index in [1.807, 2.05) is 0 Å². The summed E-state index contributed by atoms with van der Waals surface area (Å²) in [6.07, 6.45) is -2.47. The second-order valence-corrected chi connectivity index (χ2v) is 3.62. The van der Waals surface area contributed by atoms with Crippen LogP contribution < -0.4 is 0 Å². The summed E-state index contributed by atoms with van der Waals surface area (Å²) >= 11 is 0. The Hall–Kier alpha value is -2.31. The zero-order chi connectivity index (χ0) is 14.0. The first-order chi connectivity index (χ1) is 8.89. The van der Waals surface area contributed by atoms with Gasteiger partial charge in [0, 0.05) is 11.8 Å². The first kappa shape index (κ1) is 13.1. The maximum atomic E-state index is 13.1. The van der Waals surface area contributed by atoms with Gasteiger partial charge in [0.25, 0.3) is 0 Å². The van der Waals surface area contributed by atoms with Crippen molar-refractivity contribution in [3.05, 3.63) is 59.4 Å². The number of halogens is 4. The molecule has 0 aliphatic carbocycles. The van der Waals surface area contributed by atoms with E-state index in [0.717, 1.165) is 12.4 Å². The van der Waals surface area contributed by atoms with Crippen LogP contribution in [0.25, 0.3) is 0 Å². The fourth-order valence-corrected chi connectivity index (χ4v) is 1.46.